The van der Waals surface area contributed by atoms with Crippen LogP contribution in [0.1, 0.15) is 35.3 Å². The lowest BCUT2D eigenvalue weighted by molar-refractivity contribution is 0.112. The highest BCUT2D eigenvalue weighted by atomic mass is 16.5. The molecule has 1 saturated heterocycles. The number of aldehydes is 1. The Hall–Kier alpha value is -2.14. The van der Waals surface area contributed by atoms with E-state index in [4.69, 9.17) is 9.47 Å². The van der Waals surface area contributed by atoms with Gasteiger partial charge in [0.1, 0.15) is 5.75 Å². The Labute approximate surface area is 123 Å². The number of aromatic nitrogens is 2. The van der Waals surface area contributed by atoms with Crippen LogP contribution in [-0.2, 0) is 4.74 Å². The van der Waals surface area contributed by atoms with E-state index in [1.54, 1.807) is 10.9 Å². The predicted molar refractivity (Wildman–Crippen MR) is 78.3 cm³/mol. The Morgan fingerprint density at radius 3 is 2.86 bits per heavy atom. The van der Waals surface area contributed by atoms with Crippen LogP contribution in [0, 0.1) is 0 Å². The summed E-state index contributed by atoms with van der Waals surface area (Å²) in [6, 6.07) is 7.67. The Balaban J connectivity index is 1.89. The zero-order chi connectivity index (χ0) is 14.7. The SMILES string of the molecule is CCOc1ccc(-n2cc(C=O)c(C3CCOC3)n2)cc1. The summed E-state index contributed by atoms with van der Waals surface area (Å²) in [7, 11) is 0. The largest absolute Gasteiger partial charge is 0.494 e. The molecule has 1 atom stereocenters. The summed E-state index contributed by atoms with van der Waals surface area (Å²) in [4.78, 5) is 11.3. The highest BCUT2D eigenvalue weighted by molar-refractivity contribution is 5.76. The zero-order valence-electron chi connectivity index (χ0n) is 12.0. The minimum atomic E-state index is 0.217. The standard InChI is InChI=1S/C16H18N2O3/c1-2-21-15-5-3-14(4-6-15)18-9-13(10-19)16(17-18)12-7-8-20-11-12/h3-6,9-10,12H,2,7-8,11H2,1H3. The molecule has 0 radical (unpaired) electrons. The van der Waals surface area contributed by atoms with Gasteiger partial charge in [-0.05, 0) is 37.6 Å². The summed E-state index contributed by atoms with van der Waals surface area (Å²) in [6.07, 6.45) is 3.56. The fourth-order valence-corrected chi connectivity index (χ4v) is 2.55. The van der Waals surface area contributed by atoms with Gasteiger partial charge in [0, 0.05) is 18.7 Å². The first-order chi connectivity index (χ1) is 10.3. The van der Waals surface area contributed by atoms with Crippen molar-refractivity contribution in [3.05, 3.63) is 41.7 Å². The van der Waals surface area contributed by atoms with E-state index < -0.39 is 0 Å². The molecule has 0 amide bonds. The van der Waals surface area contributed by atoms with Crippen molar-refractivity contribution >= 4 is 6.29 Å². The van der Waals surface area contributed by atoms with Crippen LogP contribution in [0.4, 0.5) is 0 Å². The third-order valence-electron chi connectivity index (χ3n) is 3.63. The maximum atomic E-state index is 11.3. The van der Waals surface area contributed by atoms with Gasteiger partial charge in [-0.2, -0.15) is 5.10 Å². The maximum Gasteiger partial charge on any atom is 0.153 e. The first-order valence-corrected chi connectivity index (χ1v) is 7.17. The molecule has 1 aromatic heterocycles. The number of benzene rings is 1. The first-order valence-electron chi connectivity index (χ1n) is 7.17. The second kappa shape index (κ2) is 6.10. The van der Waals surface area contributed by atoms with Gasteiger partial charge in [-0.15, -0.1) is 0 Å². The molecule has 0 spiro atoms. The van der Waals surface area contributed by atoms with Gasteiger partial charge in [0.25, 0.3) is 0 Å². The Kier molecular flexibility index (Phi) is 4.01. The van der Waals surface area contributed by atoms with Gasteiger partial charge in [-0.3, -0.25) is 4.79 Å². The van der Waals surface area contributed by atoms with Crippen LogP contribution in [0.2, 0.25) is 0 Å². The molecule has 0 bridgehead atoms. The smallest absolute Gasteiger partial charge is 0.153 e. The highest BCUT2D eigenvalue weighted by Gasteiger charge is 2.24. The summed E-state index contributed by atoms with van der Waals surface area (Å²) >= 11 is 0. The lowest BCUT2D eigenvalue weighted by Crippen LogP contribution is -2.03. The molecular weight excluding hydrogens is 268 g/mol. The van der Waals surface area contributed by atoms with E-state index in [9.17, 15) is 4.79 Å². The average Bonchev–Trinajstić information content (AvgIpc) is 3.17. The van der Waals surface area contributed by atoms with Gasteiger partial charge in [-0.25, -0.2) is 4.68 Å². The number of ether oxygens (including phenoxy) is 2. The van der Waals surface area contributed by atoms with Crippen LogP contribution in [0.5, 0.6) is 5.75 Å². The van der Waals surface area contributed by atoms with Crippen LogP contribution in [0.25, 0.3) is 5.69 Å². The summed E-state index contributed by atoms with van der Waals surface area (Å²) in [6.45, 7) is 3.97. The van der Waals surface area contributed by atoms with Crippen molar-refractivity contribution in [1.82, 2.24) is 9.78 Å². The van der Waals surface area contributed by atoms with E-state index in [-0.39, 0.29) is 5.92 Å². The van der Waals surface area contributed by atoms with Crippen molar-refractivity contribution in [2.45, 2.75) is 19.3 Å². The van der Waals surface area contributed by atoms with Crippen molar-refractivity contribution in [3.63, 3.8) is 0 Å². The van der Waals surface area contributed by atoms with Crippen LogP contribution in [-0.4, -0.2) is 35.9 Å². The molecule has 0 N–H and O–H groups in total. The van der Waals surface area contributed by atoms with Gasteiger partial charge in [0.05, 0.1) is 30.2 Å². The van der Waals surface area contributed by atoms with E-state index in [0.29, 0.717) is 18.8 Å². The molecule has 2 aromatic rings. The highest BCUT2D eigenvalue weighted by Crippen LogP contribution is 2.27. The van der Waals surface area contributed by atoms with Gasteiger partial charge in [-0.1, -0.05) is 0 Å². The van der Waals surface area contributed by atoms with Crippen LogP contribution >= 0.6 is 0 Å². The van der Waals surface area contributed by atoms with Gasteiger partial charge >= 0.3 is 0 Å². The van der Waals surface area contributed by atoms with E-state index in [0.717, 1.165) is 36.4 Å². The third kappa shape index (κ3) is 2.83. The van der Waals surface area contributed by atoms with Crippen molar-refractivity contribution in [2.24, 2.45) is 0 Å². The quantitative estimate of drug-likeness (QED) is 0.793. The number of carbonyl (C=O) groups excluding carboxylic acids is 1. The van der Waals surface area contributed by atoms with Crippen molar-refractivity contribution in [2.75, 3.05) is 19.8 Å². The van der Waals surface area contributed by atoms with E-state index in [1.165, 1.54) is 0 Å². The molecule has 110 valence electrons. The third-order valence-corrected chi connectivity index (χ3v) is 3.63. The molecule has 21 heavy (non-hydrogen) atoms. The zero-order valence-corrected chi connectivity index (χ0v) is 12.0. The van der Waals surface area contributed by atoms with Crippen LogP contribution in [0.3, 0.4) is 0 Å². The topological polar surface area (TPSA) is 53.4 Å². The van der Waals surface area contributed by atoms with Gasteiger partial charge in [0.15, 0.2) is 6.29 Å². The molecule has 1 aliphatic rings. The number of rotatable bonds is 5. The summed E-state index contributed by atoms with van der Waals surface area (Å²) in [5.41, 5.74) is 2.38. The molecule has 0 saturated carbocycles. The van der Waals surface area contributed by atoms with Gasteiger partial charge in [0.2, 0.25) is 0 Å². The fourth-order valence-electron chi connectivity index (χ4n) is 2.55. The molecule has 1 aromatic carbocycles. The number of nitrogens with zero attached hydrogens (tertiary/aromatic N) is 2. The molecule has 5 heteroatoms. The van der Waals surface area contributed by atoms with E-state index in [2.05, 4.69) is 5.10 Å². The second-order valence-corrected chi connectivity index (χ2v) is 5.02. The molecule has 1 aliphatic heterocycles. The molecule has 1 unspecified atom stereocenters. The van der Waals surface area contributed by atoms with Crippen molar-refractivity contribution in [1.29, 1.82) is 0 Å². The molecule has 2 heterocycles. The number of hydrogen-bond acceptors (Lipinski definition) is 4. The maximum absolute atomic E-state index is 11.3. The lowest BCUT2D eigenvalue weighted by Gasteiger charge is -2.06. The molecule has 3 rings (SSSR count). The summed E-state index contributed by atoms with van der Waals surface area (Å²) in [5, 5.41) is 4.57. The van der Waals surface area contributed by atoms with Crippen LogP contribution in [0.15, 0.2) is 30.5 Å². The van der Waals surface area contributed by atoms with Crippen LogP contribution < -0.4 is 4.74 Å². The predicted octanol–water partition coefficient (Wildman–Crippen LogP) is 2.59. The number of carbonyl (C=O) groups is 1. The number of hydrogen-bond donors (Lipinski definition) is 0. The minimum absolute atomic E-state index is 0.217. The molecule has 5 nitrogen and oxygen atoms in total. The molecule has 1 fully saturated rings. The first kappa shape index (κ1) is 13.8. The summed E-state index contributed by atoms with van der Waals surface area (Å²) < 4.78 is 12.6. The normalized spacial score (nSPS) is 17.9. The Bertz CT molecular complexity index is 613. The lowest BCUT2D eigenvalue weighted by atomic mass is 10.0. The van der Waals surface area contributed by atoms with Gasteiger partial charge < -0.3 is 9.47 Å². The fraction of sp³-hybridized carbons (Fsp3) is 0.375. The summed E-state index contributed by atoms with van der Waals surface area (Å²) in [5.74, 6) is 1.04. The average molecular weight is 286 g/mol. The molecule has 0 aliphatic carbocycles. The molecular formula is C16H18N2O3. The monoisotopic (exact) mass is 286 g/mol. The van der Waals surface area contributed by atoms with Crippen molar-refractivity contribution in [3.8, 4) is 11.4 Å². The van der Waals surface area contributed by atoms with Crippen molar-refractivity contribution < 1.29 is 14.3 Å². The minimum Gasteiger partial charge on any atom is -0.494 e. The van der Waals surface area contributed by atoms with E-state index in [1.807, 2.05) is 31.2 Å². The second-order valence-electron chi connectivity index (χ2n) is 5.02. The Morgan fingerprint density at radius 2 is 2.24 bits per heavy atom. The van der Waals surface area contributed by atoms with E-state index >= 15 is 0 Å². The Morgan fingerprint density at radius 1 is 1.43 bits per heavy atom.